The lowest BCUT2D eigenvalue weighted by atomic mass is 9.38. The highest BCUT2D eigenvalue weighted by molar-refractivity contribution is 6.31. The van der Waals surface area contributed by atoms with E-state index in [-0.39, 0.29) is 5.41 Å². The van der Waals surface area contributed by atoms with Gasteiger partial charge in [0.1, 0.15) is 0 Å². The summed E-state index contributed by atoms with van der Waals surface area (Å²) in [6, 6.07) is 111. The molecule has 0 radical (unpaired) electrons. The van der Waals surface area contributed by atoms with Crippen molar-refractivity contribution in [3.8, 4) is 66.8 Å². The van der Waals surface area contributed by atoms with Crippen molar-refractivity contribution < 1.29 is 0 Å². The van der Waals surface area contributed by atoms with Crippen LogP contribution in [0.1, 0.15) is 86.5 Å². The van der Waals surface area contributed by atoms with Crippen molar-refractivity contribution in [3.63, 3.8) is 0 Å². The quantitative estimate of drug-likeness (QED) is 0.155. The summed E-state index contributed by atoms with van der Waals surface area (Å²) in [6.07, 6.45) is 14.9. The van der Waals surface area contributed by atoms with Crippen LogP contribution < -0.4 is 10.2 Å². The zero-order valence-corrected chi connectivity index (χ0v) is 55.6. The standard InChI is InChI=1S/C47H39N.C24H19N.C23H21Cl/c1-3-9-33(10-4-1)35-15-19-37(20-16-35)48(38-21-17-36(18-22-38)34-11-5-2-6-12-34)39-23-24-43-41(28-39)40-13-7-8-14-42(40)47(43)44-26-31-25-32-27-45(47)46(44,29-31)30-32;1-3-7-19(8-4-1)21-11-15-23(16-12-21)25-24-17-13-22(14-18-24)20-9-5-2-6-10-20;24-15-5-6-19-17(10-15)16-3-1-2-4-18(16)23(19)20-8-13-7-14-9-21(23)22(20,11-13)12-14/h1-24,28,31-32,44-45H,25-27,29-30H2;1-18,25H;1-6,10,13-14,20-21H,7-9,11-12H2. The molecule has 4 spiro atoms. The van der Waals surface area contributed by atoms with Gasteiger partial charge in [-0.3, -0.25) is 0 Å². The first-order valence-electron chi connectivity index (χ1n) is 36.2. The van der Waals surface area contributed by atoms with Gasteiger partial charge in [0, 0.05) is 44.3 Å². The van der Waals surface area contributed by atoms with Crippen molar-refractivity contribution in [1.29, 1.82) is 0 Å². The van der Waals surface area contributed by atoms with Crippen LogP contribution in [-0.4, -0.2) is 0 Å². The van der Waals surface area contributed by atoms with E-state index in [9.17, 15) is 0 Å². The molecule has 10 aliphatic carbocycles. The Labute approximate surface area is 577 Å². The predicted octanol–water partition coefficient (Wildman–Crippen LogP) is 25.0. The highest BCUT2D eigenvalue weighted by Gasteiger charge is 2.81. The lowest BCUT2D eigenvalue weighted by Crippen LogP contribution is -2.62. The summed E-state index contributed by atoms with van der Waals surface area (Å²) < 4.78 is 0. The molecule has 472 valence electrons. The van der Waals surface area contributed by atoms with Crippen LogP contribution in [-0.2, 0) is 10.8 Å². The highest BCUT2D eigenvalue weighted by atomic mass is 35.5. The molecule has 12 aromatic carbocycles. The van der Waals surface area contributed by atoms with Gasteiger partial charge in [0.25, 0.3) is 0 Å². The Morgan fingerprint density at radius 3 is 0.948 bits per heavy atom. The van der Waals surface area contributed by atoms with Crippen molar-refractivity contribution in [1.82, 2.24) is 0 Å². The van der Waals surface area contributed by atoms with Crippen molar-refractivity contribution in [2.45, 2.75) is 75.0 Å². The van der Waals surface area contributed by atoms with E-state index in [1.807, 2.05) is 12.1 Å². The maximum atomic E-state index is 6.40. The average Bonchev–Trinajstić information content (AvgIpc) is 1.46. The first-order valence-corrected chi connectivity index (χ1v) is 36.6. The lowest BCUT2D eigenvalue weighted by Gasteiger charge is -2.64. The molecule has 1 N–H and O–H groups in total. The molecular formula is C94H79ClN2. The number of rotatable bonds is 9. The summed E-state index contributed by atoms with van der Waals surface area (Å²) in [5, 5.41) is 4.34. The van der Waals surface area contributed by atoms with Gasteiger partial charge in [-0.15, -0.1) is 0 Å². The molecule has 22 rings (SSSR count). The first kappa shape index (κ1) is 57.7. The fourth-order valence-electron chi connectivity index (χ4n) is 23.6. The van der Waals surface area contributed by atoms with E-state index in [1.54, 1.807) is 22.3 Å². The van der Waals surface area contributed by atoms with E-state index in [0.29, 0.717) is 16.2 Å². The molecular weight excluding hydrogens is 1190 g/mol. The molecule has 0 aliphatic heterocycles. The second kappa shape index (κ2) is 22.3. The summed E-state index contributed by atoms with van der Waals surface area (Å²) in [5.74, 6) is 7.35. The molecule has 0 amide bonds. The Bertz CT molecular complexity index is 4750. The Morgan fingerprint density at radius 2 is 0.567 bits per heavy atom. The van der Waals surface area contributed by atoms with E-state index in [4.69, 9.17) is 11.6 Å². The van der Waals surface area contributed by atoms with Gasteiger partial charge in [-0.2, -0.15) is 0 Å². The van der Waals surface area contributed by atoms with Crippen LogP contribution in [0.4, 0.5) is 28.4 Å². The van der Waals surface area contributed by atoms with Crippen molar-refractivity contribution in [2.75, 3.05) is 10.2 Å². The number of halogens is 1. The minimum absolute atomic E-state index is 0.216. The zero-order chi connectivity index (χ0) is 64.0. The Kier molecular flexibility index (Phi) is 13.3. The monoisotopic (exact) mass is 1270 g/mol. The number of hydrogen-bond acceptors (Lipinski definition) is 2. The Balaban J connectivity index is 0.000000110. The summed E-state index contributed by atoms with van der Waals surface area (Å²) in [4.78, 5) is 2.46. The summed E-state index contributed by atoms with van der Waals surface area (Å²) in [5.41, 5.74) is 29.9. The molecule has 12 aromatic rings. The topological polar surface area (TPSA) is 15.3 Å². The minimum Gasteiger partial charge on any atom is -0.356 e. The second-order valence-electron chi connectivity index (χ2n) is 30.8. The molecule has 8 fully saturated rings. The average molecular weight is 1270 g/mol. The van der Waals surface area contributed by atoms with Crippen molar-refractivity contribution in [3.05, 3.63) is 331 Å². The number of anilines is 5. The molecule has 0 heterocycles. The third-order valence-corrected chi connectivity index (χ3v) is 26.7. The molecule has 0 saturated heterocycles. The van der Waals surface area contributed by atoms with E-state index in [2.05, 4.69) is 301 Å². The summed E-state index contributed by atoms with van der Waals surface area (Å²) in [6.45, 7) is 0. The molecule has 2 nitrogen and oxygen atoms in total. The Hall–Kier alpha value is -9.47. The molecule has 8 atom stereocenters. The molecule has 97 heavy (non-hydrogen) atoms. The normalized spacial score (nSPS) is 27.8. The fraction of sp³-hybridized carbons (Fsp3) is 0.234. The van der Waals surface area contributed by atoms with Gasteiger partial charge in [-0.25, -0.2) is 0 Å². The van der Waals surface area contributed by atoms with Crippen LogP contribution in [0.5, 0.6) is 0 Å². The molecule has 6 bridgehead atoms. The number of hydrogen-bond donors (Lipinski definition) is 1. The largest absolute Gasteiger partial charge is 0.356 e. The van der Waals surface area contributed by atoms with Crippen LogP contribution in [0, 0.1) is 58.2 Å². The minimum atomic E-state index is 0.216. The van der Waals surface area contributed by atoms with Gasteiger partial charge in [0.05, 0.1) is 0 Å². The lowest BCUT2D eigenvalue weighted by molar-refractivity contribution is -0.0820. The van der Waals surface area contributed by atoms with E-state index < -0.39 is 0 Å². The number of benzene rings is 12. The van der Waals surface area contributed by atoms with Gasteiger partial charge >= 0.3 is 0 Å². The van der Waals surface area contributed by atoms with Crippen LogP contribution in [0.25, 0.3) is 66.8 Å². The third kappa shape index (κ3) is 8.70. The van der Waals surface area contributed by atoms with Crippen molar-refractivity contribution in [2.24, 2.45) is 58.2 Å². The summed E-state index contributed by atoms with van der Waals surface area (Å²) >= 11 is 6.40. The van der Waals surface area contributed by atoms with Crippen LogP contribution in [0.15, 0.2) is 303 Å². The van der Waals surface area contributed by atoms with Crippen LogP contribution in [0.3, 0.4) is 0 Å². The number of fused-ring (bicyclic) bond motifs is 18. The van der Waals surface area contributed by atoms with Gasteiger partial charge in [0.2, 0.25) is 0 Å². The maximum Gasteiger partial charge on any atom is 0.0468 e. The highest BCUT2D eigenvalue weighted by Crippen LogP contribution is 2.87. The van der Waals surface area contributed by atoms with E-state index in [0.717, 1.165) is 63.7 Å². The van der Waals surface area contributed by atoms with Crippen LogP contribution >= 0.6 is 11.6 Å². The third-order valence-electron chi connectivity index (χ3n) is 26.5. The molecule has 10 aliphatic rings. The SMILES string of the molecule is Clc1ccc2c(c1)-c1ccccc1C21C2CC3CC4CC1C2(C3)C4.c1ccc(-c2ccc(N(c3ccc(-c4ccccc4)cc3)c3ccc4c(c3)-c3ccccc3C43C4CC5CC6CC3C4(C5)C6)cc2)cc1.c1ccc(-c2ccc(Nc3ccc(-c4ccccc4)cc3)cc2)cc1. The second-order valence-corrected chi connectivity index (χ2v) is 31.2. The van der Waals surface area contributed by atoms with Crippen molar-refractivity contribution >= 4 is 40.0 Å². The van der Waals surface area contributed by atoms with E-state index >= 15 is 0 Å². The predicted molar refractivity (Wildman–Crippen MR) is 402 cm³/mol. The summed E-state index contributed by atoms with van der Waals surface area (Å²) in [7, 11) is 0. The van der Waals surface area contributed by atoms with Gasteiger partial charge < -0.3 is 10.2 Å². The Morgan fingerprint density at radius 1 is 0.268 bits per heavy atom. The fourth-order valence-corrected chi connectivity index (χ4v) is 23.8. The number of nitrogens with zero attached hydrogens (tertiary/aromatic N) is 1. The van der Waals surface area contributed by atoms with E-state index in [1.165, 1.54) is 148 Å². The molecule has 8 saturated carbocycles. The van der Waals surface area contributed by atoms with Crippen LogP contribution in [0.2, 0.25) is 5.02 Å². The maximum absolute atomic E-state index is 6.40. The van der Waals surface area contributed by atoms with Gasteiger partial charge in [-0.05, 0) is 284 Å². The smallest absolute Gasteiger partial charge is 0.0468 e. The molecule has 8 unspecified atom stereocenters. The molecule has 0 aromatic heterocycles. The zero-order valence-electron chi connectivity index (χ0n) is 54.9. The first-order chi connectivity index (χ1) is 47.8. The van der Waals surface area contributed by atoms with Gasteiger partial charge in [-0.1, -0.05) is 242 Å². The van der Waals surface area contributed by atoms with Gasteiger partial charge in [0.15, 0.2) is 0 Å². The number of nitrogens with one attached hydrogen (secondary N) is 1. The molecule has 3 heteroatoms.